The highest BCUT2D eigenvalue weighted by molar-refractivity contribution is 7.90. The zero-order valence-corrected chi connectivity index (χ0v) is 23.5. The lowest BCUT2D eigenvalue weighted by Crippen LogP contribution is -2.33. The number of benzene rings is 1. The van der Waals surface area contributed by atoms with E-state index < -0.39 is 9.84 Å². The SMILES string of the molecule is COC1CCCC1n1c(=O)c(NCc2ccc(S(C)(=O)=O)cc2)nc2cnc(-c3c(C)ncnc3C3CC3)nc21. The summed E-state index contributed by atoms with van der Waals surface area (Å²) in [6, 6.07) is 6.36. The van der Waals surface area contributed by atoms with Crippen molar-refractivity contribution >= 4 is 26.8 Å². The molecule has 0 bridgehead atoms. The van der Waals surface area contributed by atoms with E-state index in [0.717, 1.165) is 54.6 Å². The van der Waals surface area contributed by atoms with Gasteiger partial charge in [0, 0.05) is 25.8 Å². The molecule has 0 aliphatic heterocycles. The van der Waals surface area contributed by atoms with Gasteiger partial charge < -0.3 is 10.1 Å². The third-order valence-electron chi connectivity index (χ3n) is 7.75. The maximum absolute atomic E-state index is 14.0. The number of rotatable bonds is 8. The van der Waals surface area contributed by atoms with Crippen LogP contribution in [0.5, 0.6) is 0 Å². The number of fused-ring (bicyclic) bond motifs is 1. The van der Waals surface area contributed by atoms with Gasteiger partial charge in [0.05, 0.1) is 40.2 Å². The average molecular weight is 562 g/mol. The molecule has 12 heteroatoms. The third kappa shape index (κ3) is 4.97. The Morgan fingerprint density at radius 2 is 1.82 bits per heavy atom. The van der Waals surface area contributed by atoms with E-state index in [1.54, 1.807) is 48.5 Å². The van der Waals surface area contributed by atoms with Gasteiger partial charge in [-0.15, -0.1) is 0 Å². The lowest BCUT2D eigenvalue weighted by Gasteiger charge is -2.23. The fraction of sp³-hybridized carbons (Fsp3) is 0.429. The topological polar surface area (TPSA) is 142 Å². The Hall–Kier alpha value is -3.77. The molecule has 1 N–H and O–H groups in total. The summed E-state index contributed by atoms with van der Waals surface area (Å²) in [5, 5.41) is 3.15. The predicted octanol–water partition coefficient (Wildman–Crippen LogP) is 3.58. The number of sulfone groups is 1. The van der Waals surface area contributed by atoms with Crippen LogP contribution in [0.1, 0.15) is 61.0 Å². The molecule has 6 rings (SSSR count). The van der Waals surface area contributed by atoms with E-state index in [-0.39, 0.29) is 28.4 Å². The number of nitrogens with zero attached hydrogens (tertiary/aromatic N) is 6. The first-order valence-corrected chi connectivity index (χ1v) is 15.3. The number of nitrogens with one attached hydrogen (secondary N) is 1. The standard InChI is InChI=1S/C28H31N7O4S/c1-16-23(24(18-9-10-18)32-15-31-16)25-30-14-20-27(34-25)35(21-5-4-6-22(21)39-2)28(36)26(33-20)29-13-17-7-11-19(12-8-17)40(3,37)38/h7-8,11-12,14-15,18,21-22H,4-6,9-10,13H2,1-3H3,(H,29,33). The van der Waals surface area contributed by atoms with Crippen molar-refractivity contribution in [3.63, 3.8) is 0 Å². The second-order valence-electron chi connectivity index (χ2n) is 10.6. The lowest BCUT2D eigenvalue weighted by molar-refractivity contribution is 0.0751. The van der Waals surface area contributed by atoms with Gasteiger partial charge in [0.25, 0.3) is 5.56 Å². The van der Waals surface area contributed by atoms with Crippen molar-refractivity contribution in [3.05, 3.63) is 64.1 Å². The summed E-state index contributed by atoms with van der Waals surface area (Å²) in [5.74, 6) is 1.04. The first-order valence-electron chi connectivity index (χ1n) is 13.4. The van der Waals surface area contributed by atoms with E-state index in [4.69, 9.17) is 9.72 Å². The number of aryl methyl sites for hydroxylation is 1. The van der Waals surface area contributed by atoms with E-state index in [2.05, 4.69) is 25.3 Å². The molecule has 0 saturated heterocycles. The maximum Gasteiger partial charge on any atom is 0.295 e. The van der Waals surface area contributed by atoms with Gasteiger partial charge in [-0.2, -0.15) is 0 Å². The monoisotopic (exact) mass is 561 g/mol. The molecule has 3 heterocycles. The van der Waals surface area contributed by atoms with Crippen molar-refractivity contribution in [2.24, 2.45) is 0 Å². The first-order chi connectivity index (χ1) is 19.2. The van der Waals surface area contributed by atoms with Crippen molar-refractivity contribution < 1.29 is 13.2 Å². The quantitative estimate of drug-likeness (QED) is 0.339. The summed E-state index contributed by atoms with van der Waals surface area (Å²) < 4.78 is 31.1. The lowest BCUT2D eigenvalue weighted by atomic mass is 10.1. The highest BCUT2D eigenvalue weighted by Gasteiger charge is 2.33. The van der Waals surface area contributed by atoms with Crippen LogP contribution in [-0.4, -0.2) is 57.4 Å². The Morgan fingerprint density at radius 1 is 1.05 bits per heavy atom. The molecule has 2 aliphatic carbocycles. The molecule has 0 radical (unpaired) electrons. The van der Waals surface area contributed by atoms with Crippen LogP contribution in [0.2, 0.25) is 0 Å². The Balaban J connectivity index is 1.43. The highest BCUT2D eigenvalue weighted by atomic mass is 32.2. The maximum atomic E-state index is 14.0. The zero-order valence-electron chi connectivity index (χ0n) is 22.7. The van der Waals surface area contributed by atoms with E-state index in [1.807, 2.05) is 6.92 Å². The van der Waals surface area contributed by atoms with Crippen LogP contribution >= 0.6 is 0 Å². The van der Waals surface area contributed by atoms with Gasteiger partial charge in [-0.3, -0.25) is 9.36 Å². The van der Waals surface area contributed by atoms with Crippen molar-refractivity contribution in [1.29, 1.82) is 0 Å². The molecule has 2 aliphatic rings. The Kier molecular flexibility index (Phi) is 6.83. The van der Waals surface area contributed by atoms with Gasteiger partial charge in [0.15, 0.2) is 27.1 Å². The van der Waals surface area contributed by atoms with Gasteiger partial charge in [0.2, 0.25) is 0 Å². The fourth-order valence-corrected chi connectivity index (χ4v) is 6.13. The largest absolute Gasteiger partial charge is 0.379 e. The molecule has 0 amide bonds. The van der Waals surface area contributed by atoms with Crippen molar-refractivity contribution in [1.82, 2.24) is 29.5 Å². The fourth-order valence-electron chi connectivity index (χ4n) is 5.50. The molecular weight excluding hydrogens is 530 g/mol. The van der Waals surface area contributed by atoms with Gasteiger partial charge in [-0.1, -0.05) is 12.1 Å². The number of ether oxygens (including phenoxy) is 1. The van der Waals surface area contributed by atoms with Gasteiger partial charge in [-0.25, -0.2) is 33.3 Å². The smallest absolute Gasteiger partial charge is 0.295 e. The normalized spacial score (nSPS) is 19.3. The van der Waals surface area contributed by atoms with Crippen LogP contribution < -0.4 is 10.9 Å². The zero-order chi connectivity index (χ0) is 28.0. The van der Waals surface area contributed by atoms with Gasteiger partial charge in [0.1, 0.15) is 11.8 Å². The van der Waals surface area contributed by atoms with E-state index in [9.17, 15) is 13.2 Å². The number of hydrogen-bond acceptors (Lipinski definition) is 10. The minimum atomic E-state index is -3.29. The minimum Gasteiger partial charge on any atom is -0.379 e. The van der Waals surface area contributed by atoms with Crippen molar-refractivity contribution in [2.45, 2.75) is 68.5 Å². The molecule has 40 heavy (non-hydrogen) atoms. The minimum absolute atomic E-state index is 0.123. The molecule has 1 aromatic carbocycles. The third-order valence-corrected chi connectivity index (χ3v) is 8.88. The molecular formula is C28H31N7O4S. The predicted molar refractivity (Wildman–Crippen MR) is 150 cm³/mol. The summed E-state index contributed by atoms with van der Waals surface area (Å²) in [6.07, 6.45) is 9.00. The summed E-state index contributed by atoms with van der Waals surface area (Å²) >= 11 is 0. The molecule has 208 valence electrons. The Bertz CT molecular complexity index is 1750. The molecule has 3 aromatic heterocycles. The molecule has 2 atom stereocenters. The summed E-state index contributed by atoms with van der Waals surface area (Å²) in [7, 11) is -1.62. The van der Waals surface area contributed by atoms with Gasteiger partial charge >= 0.3 is 0 Å². The van der Waals surface area contributed by atoms with Crippen LogP contribution in [0.25, 0.3) is 22.6 Å². The van der Waals surface area contributed by atoms with Crippen LogP contribution in [0, 0.1) is 6.92 Å². The number of anilines is 1. The van der Waals surface area contributed by atoms with Gasteiger partial charge in [-0.05, 0) is 56.7 Å². The van der Waals surface area contributed by atoms with E-state index in [0.29, 0.717) is 29.5 Å². The molecule has 11 nitrogen and oxygen atoms in total. The summed E-state index contributed by atoms with van der Waals surface area (Å²) in [5.41, 5.74) is 4.04. The highest BCUT2D eigenvalue weighted by Crippen LogP contribution is 2.43. The van der Waals surface area contributed by atoms with Crippen LogP contribution in [-0.2, 0) is 21.1 Å². The van der Waals surface area contributed by atoms with Crippen LogP contribution in [0.4, 0.5) is 5.82 Å². The summed E-state index contributed by atoms with van der Waals surface area (Å²) in [6.45, 7) is 2.22. The molecule has 2 fully saturated rings. The van der Waals surface area contributed by atoms with E-state index in [1.165, 1.54) is 6.26 Å². The molecule has 4 aromatic rings. The number of methoxy groups -OCH3 is 1. The van der Waals surface area contributed by atoms with Crippen molar-refractivity contribution in [2.75, 3.05) is 18.7 Å². The second kappa shape index (κ2) is 10.3. The molecule has 0 spiro atoms. The summed E-state index contributed by atoms with van der Waals surface area (Å²) in [4.78, 5) is 37.3. The van der Waals surface area contributed by atoms with Crippen LogP contribution in [0.3, 0.4) is 0 Å². The van der Waals surface area contributed by atoms with E-state index >= 15 is 0 Å². The van der Waals surface area contributed by atoms with Crippen molar-refractivity contribution in [3.8, 4) is 11.4 Å². The average Bonchev–Trinajstić information content (AvgIpc) is 3.68. The second-order valence-corrected chi connectivity index (χ2v) is 12.6. The van der Waals surface area contributed by atoms with Crippen LogP contribution in [0.15, 0.2) is 46.5 Å². The molecule has 2 saturated carbocycles. The number of hydrogen-bond donors (Lipinski definition) is 1. The first kappa shape index (κ1) is 26.5. The Morgan fingerprint density at radius 3 is 2.52 bits per heavy atom. The Labute approximate surface area is 232 Å². The number of aromatic nitrogens is 6. The molecule has 2 unspecified atom stereocenters.